The van der Waals surface area contributed by atoms with E-state index in [0.717, 1.165) is 0 Å². The zero-order valence-corrected chi connectivity index (χ0v) is 9.71. The van der Waals surface area contributed by atoms with Crippen molar-refractivity contribution in [2.24, 2.45) is 0 Å². The summed E-state index contributed by atoms with van der Waals surface area (Å²) in [5, 5.41) is 0. The second-order valence-corrected chi connectivity index (χ2v) is 3.94. The Hall–Kier alpha value is -2.20. The van der Waals surface area contributed by atoms with E-state index < -0.39 is 48.0 Å². The van der Waals surface area contributed by atoms with Gasteiger partial charge in [0.2, 0.25) is 0 Å². The summed E-state index contributed by atoms with van der Waals surface area (Å²) in [4.78, 5) is 21.6. The number of benzene rings is 1. The first-order chi connectivity index (χ1) is 9.50. The third kappa shape index (κ3) is 2.95. The van der Waals surface area contributed by atoms with E-state index in [1.54, 1.807) is 0 Å². The Morgan fingerprint density at radius 2 is 1.38 bits per heavy atom. The fraction of sp³-hybridized carbons (Fsp3) is 0.200. The normalized spacial score (nSPS) is 16.0. The van der Waals surface area contributed by atoms with E-state index in [-0.39, 0.29) is 18.2 Å². The number of hydrogen-bond acceptors (Lipinski definition) is 4. The molecule has 1 heterocycles. The second kappa shape index (κ2) is 4.67. The van der Waals surface area contributed by atoms with E-state index in [1.165, 1.54) is 0 Å². The van der Waals surface area contributed by atoms with Crippen LogP contribution in [0.15, 0.2) is 18.2 Å². The summed E-state index contributed by atoms with van der Waals surface area (Å²) < 4.78 is 84.3. The van der Waals surface area contributed by atoms with Crippen LogP contribution in [0.4, 0.5) is 26.3 Å². The molecule has 1 aliphatic heterocycles. The lowest BCUT2D eigenvalue weighted by Crippen LogP contribution is -2.38. The van der Waals surface area contributed by atoms with E-state index in [2.05, 4.69) is 9.31 Å². The first-order valence-corrected chi connectivity index (χ1v) is 5.20. The average Bonchev–Trinajstić information content (AvgIpc) is 2.66. The largest absolute Gasteiger partial charge is 0.637 e. The van der Waals surface area contributed by atoms with Crippen molar-refractivity contribution < 1.29 is 45.2 Å². The molecule has 1 aromatic rings. The quantitative estimate of drug-likeness (QED) is 0.448. The van der Waals surface area contributed by atoms with Crippen molar-refractivity contribution in [3.8, 4) is 0 Å². The summed E-state index contributed by atoms with van der Waals surface area (Å²) >= 11 is 0. The maximum atomic E-state index is 12.8. The highest BCUT2D eigenvalue weighted by Gasteiger charge is 2.48. The van der Waals surface area contributed by atoms with Crippen LogP contribution < -0.4 is 5.46 Å². The molecule has 1 saturated heterocycles. The number of halogens is 6. The molecule has 1 aliphatic rings. The molecule has 1 fully saturated rings. The Labute approximate surface area is 112 Å². The van der Waals surface area contributed by atoms with E-state index >= 15 is 0 Å². The number of carbonyl (C=O) groups excluding carboxylic acids is 2. The maximum Gasteiger partial charge on any atom is 0.637 e. The van der Waals surface area contributed by atoms with Gasteiger partial charge in [0.15, 0.2) is 0 Å². The zero-order chi connectivity index (χ0) is 16.0. The standard InChI is InChI=1S/C10H3BF6O4/c12-9(13,14)4-1-2-5(10(15,16)17)6(3-4)11-20-7(18)8(19)21-11/h1-3H. The second-order valence-electron chi connectivity index (χ2n) is 3.94. The molecule has 4 nitrogen and oxygen atoms in total. The van der Waals surface area contributed by atoms with Gasteiger partial charge in [0.1, 0.15) is 0 Å². The highest BCUT2D eigenvalue weighted by atomic mass is 19.4. The van der Waals surface area contributed by atoms with Crippen LogP contribution in [-0.4, -0.2) is 19.1 Å². The molecule has 112 valence electrons. The minimum atomic E-state index is -5.01. The van der Waals surface area contributed by atoms with E-state index in [9.17, 15) is 35.9 Å². The smallest absolute Gasteiger partial charge is 0.487 e. The molecule has 11 heteroatoms. The Morgan fingerprint density at radius 1 is 0.857 bits per heavy atom. The van der Waals surface area contributed by atoms with Gasteiger partial charge in [0.05, 0.1) is 11.1 Å². The molecule has 0 radical (unpaired) electrons. The average molecular weight is 312 g/mol. The van der Waals surface area contributed by atoms with Gasteiger partial charge in [-0.1, -0.05) is 0 Å². The summed E-state index contributed by atoms with van der Waals surface area (Å²) in [6.45, 7) is 0. The minimum absolute atomic E-state index is 0.124. The molecule has 0 atom stereocenters. The Kier molecular flexibility index (Phi) is 3.38. The number of rotatable bonds is 1. The Morgan fingerprint density at radius 3 is 1.81 bits per heavy atom. The third-order valence-corrected chi connectivity index (χ3v) is 2.53. The molecule has 0 N–H and O–H groups in total. The molecule has 21 heavy (non-hydrogen) atoms. The molecular weight excluding hydrogens is 309 g/mol. The molecule has 0 amide bonds. The van der Waals surface area contributed by atoms with E-state index in [1.807, 2.05) is 0 Å². The van der Waals surface area contributed by atoms with Crippen molar-refractivity contribution in [3.05, 3.63) is 29.3 Å². The van der Waals surface area contributed by atoms with Gasteiger partial charge in [0, 0.05) is 5.46 Å². The first-order valence-electron chi connectivity index (χ1n) is 5.20. The number of alkyl halides is 6. The lowest BCUT2D eigenvalue weighted by atomic mass is 9.75. The van der Waals surface area contributed by atoms with Crippen LogP contribution in [0.1, 0.15) is 11.1 Å². The molecule has 0 aliphatic carbocycles. The highest BCUT2D eigenvalue weighted by Crippen LogP contribution is 2.33. The van der Waals surface area contributed by atoms with Gasteiger partial charge >= 0.3 is 31.4 Å². The lowest BCUT2D eigenvalue weighted by molar-refractivity contribution is -0.150. The highest BCUT2D eigenvalue weighted by molar-refractivity contribution is 6.71. The van der Waals surface area contributed by atoms with Crippen LogP contribution >= 0.6 is 0 Å². The molecule has 0 saturated carbocycles. The van der Waals surface area contributed by atoms with Crippen molar-refractivity contribution in [2.45, 2.75) is 12.4 Å². The summed E-state index contributed by atoms with van der Waals surface area (Å²) in [6.07, 6.45) is -9.92. The summed E-state index contributed by atoms with van der Waals surface area (Å²) in [6, 6.07) is 0.530. The van der Waals surface area contributed by atoms with Gasteiger partial charge in [-0.05, 0) is 18.2 Å². The van der Waals surface area contributed by atoms with Crippen molar-refractivity contribution in [3.63, 3.8) is 0 Å². The fourth-order valence-electron chi connectivity index (χ4n) is 1.63. The molecule has 1 aromatic carbocycles. The van der Waals surface area contributed by atoms with Crippen molar-refractivity contribution in [1.29, 1.82) is 0 Å². The van der Waals surface area contributed by atoms with E-state index in [4.69, 9.17) is 0 Å². The van der Waals surface area contributed by atoms with Crippen LogP contribution in [0, 0.1) is 0 Å². The van der Waals surface area contributed by atoms with Gasteiger partial charge in [-0.2, -0.15) is 26.3 Å². The Bertz CT molecular complexity index is 593. The molecule has 0 spiro atoms. The molecule has 2 rings (SSSR count). The summed E-state index contributed by atoms with van der Waals surface area (Å²) in [5.74, 6) is -3.16. The molecule has 0 unspecified atom stereocenters. The summed E-state index contributed by atoms with van der Waals surface area (Å²) in [5.41, 5.74) is -4.00. The monoisotopic (exact) mass is 312 g/mol. The minimum Gasteiger partial charge on any atom is -0.487 e. The van der Waals surface area contributed by atoms with Crippen molar-refractivity contribution >= 4 is 24.5 Å². The van der Waals surface area contributed by atoms with Crippen LogP contribution in [0.3, 0.4) is 0 Å². The third-order valence-electron chi connectivity index (χ3n) is 2.53. The van der Waals surface area contributed by atoms with Crippen molar-refractivity contribution in [2.75, 3.05) is 0 Å². The van der Waals surface area contributed by atoms with Crippen LogP contribution in [-0.2, 0) is 31.3 Å². The van der Waals surface area contributed by atoms with Crippen LogP contribution in [0.2, 0.25) is 0 Å². The van der Waals surface area contributed by atoms with Gasteiger partial charge in [-0.15, -0.1) is 0 Å². The first kappa shape index (κ1) is 15.2. The number of carbonyl (C=O) groups is 2. The fourth-order valence-corrected chi connectivity index (χ4v) is 1.63. The maximum absolute atomic E-state index is 12.8. The number of hydrogen-bond donors (Lipinski definition) is 0. The van der Waals surface area contributed by atoms with Gasteiger partial charge < -0.3 is 9.31 Å². The van der Waals surface area contributed by atoms with E-state index in [0.29, 0.717) is 0 Å². The van der Waals surface area contributed by atoms with Crippen LogP contribution in [0.25, 0.3) is 0 Å². The summed E-state index contributed by atoms with van der Waals surface area (Å²) in [7, 11) is -2.16. The van der Waals surface area contributed by atoms with Crippen molar-refractivity contribution in [1.82, 2.24) is 0 Å². The molecule has 0 aromatic heterocycles. The SMILES string of the molecule is O=C1OB(c2cc(C(F)(F)F)ccc2C(F)(F)F)OC1=O. The van der Waals surface area contributed by atoms with Crippen LogP contribution in [0.5, 0.6) is 0 Å². The predicted octanol–water partition coefficient (Wildman–Crippen LogP) is 1.52. The van der Waals surface area contributed by atoms with Gasteiger partial charge in [-0.3, -0.25) is 0 Å². The predicted molar refractivity (Wildman–Crippen MR) is 54.0 cm³/mol. The molecule has 0 bridgehead atoms. The van der Waals surface area contributed by atoms with Gasteiger partial charge in [-0.25, -0.2) is 9.59 Å². The molecular formula is C10H3BF6O4. The Balaban J connectivity index is 2.54. The topological polar surface area (TPSA) is 52.6 Å². The van der Waals surface area contributed by atoms with Gasteiger partial charge in [0.25, 0.3) is 0 Å². The lowest BCUT2D eigenvalue weighted by Gasteiger charge is -2.15. The zero-order valence-electron chi connectivity index (χ0n) is 9.71.